The van der Waals surface area contributed by atoms with Crippen LogP contribution in [0, 0.1) is 11.7 Å². The third-order valence-corrected chi connectivity index (χ3v) is 5.21. The Bertz CT molecular complexity index is 534. The number of fused-ring (bicyclic) bond motifs is 1. The molecule has 3 rings (SSSR count). The van der Waals surface area contributed by atoms with Crippen LogP contribution in [-0.4, -0.2) is 17.9 Å². The van der Waals surface area contributed by atoms with Crippen LogP contribution in [0.5, 0.6) is 0 Å². The van der Waals surface area contributed by atoms with Crippen molar-refractivity contribution < 1.29 is 9.18 Å². The molecule has 1 saturated carbocycles. The van der Waals surface area contributed by atoms with Crippen molar-refractivity contribution in [3.05, 3.63) is 34.6 Å². The maximum atomic E-state index is 13.4. The van der Waals surface area contributed by atoms with Gasteiger partial charge in [-0.2, -0.15) is 0 Å². The number of hydrogen-bond donors (Lipinski definition) is 1. The summed E-state index contributed by atoms with van der Waals surface area (Å²) in [6, 6.07) is 5.05. The van der Waals surface area contributed by atoms with Crippen molar-refractivity contribution in [3.63, 3.8) is 0 Å². The Labute approximate surface area is 130 Å². The largest absolute Gasteiger partial charge is 0.304 e. The van der Waals surface area contributed by atoms with Crippen LogP contribution >= 0.6 is 11.6 Å². The summed E-state index contributed by atoms with van der Waals surface area (Å²) in [6.07, 6.45) is 7.40. The number of Topliss-reactive ketones (excluding diaryl/α,β-unsaturated/α-hetero) is 1. The lowest BCUT2D eigenvalue weighted by Gasteiger charge is -2.40. The number of carbonyl (C=O) groups excluding carboxylic acids is 1. The maximum Gasteiger partial charge on any atom is 0.154 e. The fourth-order valence-corrected chi connectivity index (χ4v) is 3.84. The summed E-state index contributed by atoms with van der Waals surface area (Å²) >= 11 is 5.67. The molecule has 1 aliphatic heterocycles. The number of piperidine rings is 1. The van der Waals surface area contributed by atoms with E-state index in [4.69, 9.17) is 11.6 Å². The van der Waals surface area contributed by atoms with Crippen molar-refractivity contribution in [2.75, 3.05) is 0 Å². The SMILES string of the molecule is O=C(Cc1ccc(Cl)c(F)c1)C1CCC2CCCCC2N1. The normalized spacial score (nSPS) is 29.0. The number of halogens is 2. The highest BCUT2D eigenvalue weighted by molar-refractivity contribution is 6.30. The molecule has 1 heterocycles. The average molecular weight is 310 g/mol. The molecule has 4 heteroatoms. The van der Waals surface area contributed by atoms with Gasteiger partial charge < -0.3 is 5.32 Å². The first-order chi connectivity index (χ1) is 10.1. The summed E-state index contributed by atoms with van der Waals surface area (Å²) in [5.74, 6) is 0.461. The van der Waals surface area contributed by atoms with Crippen LogP contribution in [0.3, 0.4) is 0 Å². The van der Waals surface area contributed by atoms with E-state index in [-0.39, 0.29) is 23.3 Å². The van der Waals surface area contributed by atoms with Crippen LogP contribution in [0.2, 0.25) is 5.02 Å². The van der Waals surface area contributed by atoms with Crippen LogP contribution in [-0.2, 0) is 11.2 Å². The summed E-state index contributed by atoms with van der Waals surface area (Å²) in [5, 5.41) is 3.64. The minimum absolute atomic E-state index is 0.0666. The Morgan fingerprint density at radius 2 is 2.05 bits per heavy atom. The second-order valence-electron chi connectivity index (χ2n) is 6.34. The Morgan fingerprint density at radius 3 is 2.86 bits per heavy atom. The zero-order valence-electron chi connectivity index (χ0n) is 12.1. The first-order valence-electron chi connectivity index (χ1n) is 7.86. The summed E-state index contributed by atoms with van der Waals surface area (Å²) in [4.78, 5) is 12.4. The highest BCUT2D eigenvalue weighted by Crippen LogP contribution is 2.32. The zero-order valence-corrected chi connectivity index (χ0v) is 12.8. The monoisotopic (exact) mass is 309 g/mol. The molecule has 1 N–H and O–H groups in total. The Balaban J connectivity index is 1.61. The van der Waals surface area contributed by atoms with E-state index in [1.165, 1.54) is 37.8 Å². The zero-order chi connectivity index (χ0) is 14.8. The molecule has 1 aromatic carbocycles. The highest BCUT2D eigenvalue weighted by atomic mass is 35.5. The molecule has 0 bridgehead atoms. The third kappa shape index (κ3) is 3.46. The van der Waals surface area contributed by atoms with Gasteiger partial charge in [-0.05, 0) is 49.3 Å². The molecule has 114 valence electrons. The van der Waals surface area contributed by atoms with Crippen molar-refractivity contribution in [2.45, 2.75) is 57.0 Å². The van der Waals surface area contributed by atoms with Crippen molar-refractivity contribution in [2.24, 2.45) is 5.92 Å². The van der Waals surface area contributed by atoms with Gasteiger partial charge in [-0.25, -0.2) is 4.39 Å². The second kappa shape index (κ2) is 6.45. The molecule has 0 aromatic heterocycles. The molecule has 0 spiro atoms. The predicted molar refractivity (Wildman–Crippen MR) is 82.0 cm³/mol. The molecule has 0 amide bonds. The molecular weight excluding hydrogens is 289 g/mol. The van der Waals surface area contributed by atoms with E-state index in [0.29, 0.717) is 11.6 Å². The number of carbonyl (C=O) groups is 1. The molecule has 3 unspecified atom stereocenters. The quantitative estimate of drug-likeness (QED) is 0.917. The molecule has 1 aliphatic carbocycles. The fraction of sp³-hybridized carbons (Fsp3) is 0.588. The average Bonchev–Trinajstić information content (AvgIpc) is 2.50. The van der Waals surface area contributed by atoms with Gasteiger partial charge in [0.2, 0.25) is 0 Å². The highest BCUT2D eigenvalue weighted by Gasteiger charge is 2.34. The van der Waals surface area contributed by atoms with E-state index in [1.807, 2.05) is 0 Å². The van der Waals surface area contributed by atoms with Gasteiger partial charge in [0.15, 0.2) is 5.78 Å². The van der Waals surface area contributed by atoms with Crippen molar-refractivity contribution in [3.8, 4) is 0 Å². The van der Waals surface area contributed by atoms with Crippen molar-refractivity contribution in [1.29, 1.82) is 0 Å². The molecule has 2 fully saturated rings. The molecule has 2 nitrogen and oxygen atoms in total. The first-order valence-corrected chi connectivity index (χ1v) is 8.24. The van der Waals surface area contributed by atoms with Gasteiger partial charge in [0, 0.05) is 12.5 Å². The third-order valence-electron chi connectivity index (χ3n) is 4.90. The van der Waals surface area contributed by atoms with E-state index >= 15 is 0 Å². The first kappa shape index (κ1) is 15.0. The van der Waals surface area contributed by atoms with E-state index in [1.54, 1.807) is 6.07 Å². The standard InChI is InChI=1S/C17H21ClFNO/c18-13-7-5-11(9-14(13)19)10-17(21)16-8-6-12-3-1-2-4-15(12)20-16/h5,7,9,12,15-16,20H,1-4,6,8,10H2. The minimum atomic E-state index is -0.453. The van der Waals surface area contributed by atoms with Gasteiger partial charge in [0.1, 0.15) is 5.82 Å². The fourth-order valence-electron chi connectivity index (χ4n) is 3.72. The summed E-state index contributed by atoms with van der Waals surface area (Å²) in [5.41, 5.74) is 0.703. The van der Waals surface area contributed by atoms with Crippen LogP contribution in [0.15, 0.2) is 18.2 Å². The van der Waals surface area contributed by atoms with Gasteiger partial charge in [-0.3, -0.25) is 4.79 Å². The van der Waals surface area contributed by atoms with Crippen LogP contribution in [0.1, 0.15) is 44.1 Å². The Kier molecular flexibility index (Phi) is 4.60. The smallest absolute Gasteiger partial charge is 0.154 e. The van der Waals surface area contributed by atoms with Gasteiger partial charge in [-0.15, -0.1) is 0 Å². The van der Waals surface area contributed by atoms with E-state index in [9.17, 15) is 9.18 Å². The lowest BCUT2D eigenvalue weighted by atomic mass is 9.77. The van der Waals surface area contributed by atoms with Gasteiger partial charge in [-0.1, -0.05) is 30.5 Å². The molecule has 1 saturated heterocycles. The summed E-state index contributed by atoms with van der Waals surface area (Å²) in [7, 11) is 0. The number of benzene rings is 1. The lowest BCUT2D eigenvalue weighted by Crippen LogP contribution is -2.52. The molecule has 1 aromatic rings. The van der Waals surface area contributed by atoms with Gasteiger partial charge >= 0.3 is 0 Å². The van der Waals surface area contributed by atoms with E-state index < -0.39 is 5.82 Å². The predicted octanol–water partition coefficient (Wildman–Crippen LogP) is 3.90. The van der Waals surface area contributed by atoms with Crippen LogP contribution < -0.4 is 5.32 Å². The topological polar surface area (TPSA) is 29.1 Å². The molecule has 0 radical (unpaired) electrons. The van der Waals surface area contributed by atoms with Crippen LogP contribution in [0.25, 0.3) is 0 Å². The Hall–Kier alpha value is -0.930. The minimum Gasteiger partial charge on any atom is -0.304 e. The lowest BCUT2D eigenvalue weighted by molar-refractivity contribution is -0.121. The van der Waals surface area contributed by atoms with Crippen LogP contribution in [0.4, 0.5) is 4.39 Å². The molecular formula is C17H21ClFNO. The molecule has 21 heavy (non-hydrogen) atoms. The van der Waals surface area contributed by atoms with E-state index in [0.717, 1.165) is 18.8 Å². The summed E-state index contributed by atoms with van der Waals surface area (Å²) in [6.45, 7) is 0. The van der Waals surface area contributed by atoms with Crippen molar-refractivity contribution >= 4 is 17.4 Å². The second-order valence-corrected chi connectivity index (χ2v) is 6.75. The van der Waals surface area contributed by atoms with Gasteiger partial charge in [0.05, 0.1) is 11.1 Å². The molecule has 3 atom stereocenters. The van der Waals surface area contributed by atoms with Crippen molar-refractivity contribution in [1.82, 2.24) is 5.32 Å². The number of ketones is 1. The maximum absolute atomic E-state index is 13.4. The van der Waals surface area contributed by atoms with E-state index in [2.05, 4.69) is 5.32 Å². The number of rotatable bonds is 3. The Morgan fingerprint density at radius 1 is 1.24 bits per heavy atom. The molecule has 2 aliphatic rings. The summed E-state index contributed by atoms with van der Waals surface area (Å²) < 4.78 is 13.4. The number of nitrogens with one attached hydrogen (secondary N) is 1. The van der Waals surface area contributed by atoms with Gasteiger partial charge in [0.25, 0.3) is 0 Å². The number of hydrogen-bond acceptors (Lipinski definition) is 2.